The minimum absolute atomic E-state index is 0.0325. The van der Waals surface area contributed by atoms with Gasteiger partial charge in [-0.25, -0.2) is 13.6 Å². The second-order valence-corrected chi connectivity index (χ2v) is 4.23. The standard InChI is InChI=1S/C12H9F2N3O4/c13-6-2-8-9(3-7(6)14)21-10(11(18)17-8)1-5(4-15)16-12(19)20/h2-3,5,10,16H,1H2,(H,17,18)(H,19,20)/t5-,10-/m0/s1. The zero-order valence-corrected chi connectivity index (χ0v) is 10.4. The second-order valence-electron chi connectivity index (χ2n) is 4.23. The molecule has 0 bridgehead atoms. The summed E-state index contributed by atoms with van der Waals surface area (Å²) in [6.07, 6.45) is -2.89. The summed E-state index contributed by atoms with van der Waals surface area (Å²) in [6, 6.07) is 2.02. The van der Waals surface area contributed by atoms with Crippen LogP contribution in [0, 0.1) is 23.0 Å². The Morgan fingerprint density at radius 2 is 2.19 bits per heavy atom. The number of amides is 2. The fourth-order valence-electron chi connectivity index (χ4n) is 1.81. The normalized spacial score (nSPS) is 17.8. The van der Waals surface area contributed by atoms with Crippen LogP contribution in [-0.4, -0.2) is 29.3 Å². The van der Waals surface area contributed by atoms with Crippen LogP contribution >= 0.6 is 0 Å². The minimum Gasteiger partial charge on any atom is -0.478 e. The number of benzene rings is 1. The molecule has 3 N–H and O–H groups in total. The molecule has 7 nitrogen and oxygen atoms in total. The van der Waals surface area contributed by atoms with Crippen LogP contribution in [0.5, 0.6) is 5.75 Å². The number of hydrogen-bond acceptors (Lipinski definition) is 4. The molecule has 2 rings (SSSR count). The van der Waals surface area contributed by atoms with Gasteiger partial charge in [-0.1, -0.05) is 0 Å². The first kappa shape index (κ1) is 14.5. The summed E-state index contributed by atoms with van der Waals surface area (Å²) in [5, 5.41) is 21.5. The molecule has 0 spiro atoms. The molecule has 1 aliphatic rings. The number of rotatable bonds is 3. The van der Waals surface area contributed by atoms with E-state index in [1.807, 2.05) is 5.32 Å². The average Bonchev–Trinajstić information content (AvgIpc) is 2.40. The lowest BCUT2D eigenvalue weighted by atomic mass is 10.1. The number of anilines is 1. The van der Waals surface area contributed by atoms with Crippen LogP contribution in [0.25, 0.3) is 0 Å². The van der Waals surface area contributed by atoms with Gasteiger partial charge in [0.2, 0.25) is 0 Å². The highest BCUT2D eigenvalue weighted by atomic mass is 19.2. The van der Waals surface area contributed by atoms with Gasteiger partial charge in [-0.3, -0.25) is 4.79 Å². The number of hydrogen-bond donors (Lipinski definition) is 3. The van der Waals surface area contributed by atoms with Crippen LogP contribution in [0.3, 0.4) is 0 Å². The summed E-state index contributed by atoms with van der Waals surface area (Å²) in [5.74, 6) is -3.06. The van der Waals surface area contributed by atoms with Gasteiger partial charge in [0.15, 0.2) is 17.7 Å². The van der Waals surface area contributed by atoms with Crippen LogP contribution in [0.2, 0.25) is 0 Å². The fourth-order valence-corrected chi connectivity index (χ4v) is 1.81. The highest BCUT2D eigenvalue weighted by Crippen LogP contribution is 2.32. The summed E-state index contributed by atoms with van der Waals surface area (Å²) in [7, 11) is 0. The third-order valence-electron chi connectivity index (χ3n) is 2.75. The van der Waals surface area contributed by atoms with Crippen molar-refractivity contribution in [1.29, 1.82) is 5.26 Å². The maximum absolute atomic E-state index is 13.1. The van der Waals surface area contributed by atoms with Crippen LogP contribution in [0.15, 0.2) is 12.1 Å². The van der Waals surface area contributed by atoms with Crippen molar-refractivity contribution in [1.82, 2.24) is 5.32 Å². The van der Waals surface area contributed by atoms with Gasteiger partial charge in [-0.2, -0.15) is 5.26 Å². The lowest BCUT2D eigenvalue weighted by Crippen LogP contribution is -2.43. The highest BCUT2D eigenvalue weighted by Gasteiger charge is 2.31. The van der Waals surface area contributed by atoms with E-state index in [1.165, 1.54) is 0 Å². The van der Waals surface area contributed by atoms with Gasteiger partial charge in [0.1, 0.15) is 11.8 Å². The van der Waals surface area contributed by atoms with Gasteiger partial charge in [0.05, 0.1) is 11.8 Å². The zero-order valence-electron chi connectivity index (χ0n) is 10.4. The summed E-state index contributed by atoms with van der Waals surface area (Å²) < 4.78 is 31.4. The Labute approximate surface area is 117 Å². The molecule has 1 aliphatic heterocycles. The summed E-state index contributed by atoms with van der Waals surface area (Å²) >= 11 is 0. The van der Waals surface area contributed by atoms with Gasteiger partial charge in [0, 0.05) is 18.6 Å². The maximum atomic E-state index is 13.1. The average molecular weight is 297 g/mol. The third kappa shape index (κ3) is 3.17. The van der Waals surface area contributed by atoms with Crippen molar-refractivity contribution in [2.45, 2.75) is 18.6 Å². The number of nitrogens with one attached hydrogen (secondary N) is 2. The summed E-state index contributed by atoms with van der Waals surface area (Å²) in [6.45, 7) is 0. The van der Waals surface area contributed by atoms with Crippen molar-refractivity contribution in [3.63, 3.8) is 0 Å². The lowest BCUT2D eigenvalue weighted by Gasteiger charge is -2.27. The zero-order chi connectivity index (χ0) is 15.6. The molecule has 0 saturated carbocycles. The smallest absolute Gasteiger partial charge is 0.405 e. The van der Waals surface area contributed by atoms with Crippen LogP contribution in [0.4, 0.5) is 19.3 Å². The van der Waals surface area contributed by atoms with Crippen LogP contribution < -0.4 is 15.4 Å². The van der Waals surface area contributed by atoms with Crippen molar-refractivity contribution in [2.75, 3.05) is 5.32 Å². The van der Waals surface area contributed by atoms with E-state index >= 15 is 0 Å². The van der Waals surface area contributed by atoms with Gasteiger partial charge in [-0.05, 0) is 0 Å². The van der Waals surface area contributed by atoms with Crippen molar-refractivity contribution in [2.24, 2.45) is 0 Å². The minimum atomic E-state index is -1.42. The molecular formula is C12H9F2N3O4. The largest absolute Gasteiger partial charge is 0.478 e. The van der Waals surface area contributed by atoms with Crippen LogP contribution in [-0.2, 0) is 4.79 Å². The Balaban J connectivity index is 2.17. The Hall–Kier alpha value is -2.89. The maximum Gasteiger partial charge on any atom is 0.405 e. The first-order valence-electron chi connectivity index (χ1n) is 5.76. The van der Waals surface area contributed by atoms with E-state index in [9.17, 15) is 18.4 Å². The highest BCUT2D eigenvalue weighted by molar-refractivity contribution is 5.97. The first-order valence-corrected chi connectivity index (χ1v) is 5.76. The van der Waals surface area contributed by atoms with Crippen molar-refractivity contribution in [3.8, 4) is 11.8 Å². The molecule has 0 aliphatic carbocycles. The van der Waals surface area contributed by atoms with E-state index < -0.39 is 35.8 Å². The predicted molar refractivity (Wildman–Crippen MR) is 64.6 cm³/mol. The molecule has 110 valence electrons. The number of fused-ring (bicyclic) bond motifs is 1. The Morgan fingerprint density at radius 1 is 1.52 bits per heavy atom. The quantitative estimate of drug-likeness (QED) is 0.776. The number of nitriles is 1. The molecule has 0 aromatic heterocycles. The number of carbonyl (C=O) groups is 2. The van der Waals surface area contributed by atoms with E-state index in [4.69, 9.17) is 15.1 Å². The first-order chi connectivity index (χ1) is 9.90. The molecule has 0 fully saturated rings. The molecule has 2 atom stereocenters. The van der Waals surface area contributed by atoms with Gasteiger partial charge in [0.25, 0.3) is 5.91 Å². The van der Waals surface area contributed by atoms with E-state index in [1.54, 1.807) is 6.07 Å². The molecule has 1 aromatic rings. The molecule has 0 saturated heterocycles. The monoisotopic (exact) mass is 297 g/mol. The van der Waals surface area contributed by atoms with Crippen molar-refractivity contribution in [3.05, 3.63) is 23.8 Å². The van der Waals surface area contributed by atoms with Crippen LogP contribution in [0.1, 0.15) is 6.42 Å². The molecule has 0 radical (unpaired) electrons. The number of nitrogens with zero attached hydrogens (tertiary/aromatic N) is 1. The number of carbonyl (C=O) groups excluding carboxylic acids is 1. The Bertz CT molecular complexity index is 644. The van der Waals surface area contributed by atoms with Gasteiger partial charge >= 0.3 is 6.09 Å². The molecular weight excluding hydrogens is 288 g/mol. The van der Waals surface area contributed by atoms with E-state index in [-0.39, 0.29) is 17.9 Å². The third-order valence-corrected chi connectivity index (χ3v) is 2.75. The molecule has 21 heavy (non-hydrogen) atoms. The SMILES string of the molecule is N#C[C@H](C[C@@H]1Oc2cc(F)c(F)cc2NC1=O)NC(=O)O. The molecule has 1 aromatic carbocycles. The van der Waals surface area contributed by atoms with Crippen molar-refractivity contribution < 1.29 is 28.2 Å². The lowest BCUT2D eigenvalue weighted by molar-refractivity contribution is -0.123. The molecule has 1 heterocycles. The number of carboxylic acid groups (broad SMARTS) is 1. The number of halogens is 2. The fraction of sp³-hybridized carbons (Fsp3) is 0.250. The molecule has 9 heteroatoms. The number of ether oxygens (including phenoxy) is 1. The molecule has 2 amide bonds. The van der Waals surface area contributed by atoms with E-state index in [0.29, 0.717) is 0 Å². The topological polar surface area (TPSA) is 111 Å². The van der Waals surface area contributed by atoms with E-state index in [0.717, 1.165) is 12.1 Å². The Morgan fingerprint density at radius 3 is 2.81 bits per heavy atom. The van der Waals surface area contributed by atoms with E-state index in [2.05, 4.69) is 5.32 Å². The molecule has 0 unspecified atom stereocenters. The van der Waals surface area contributed by atoms with Gasteiger partial charge < -0.3 is 20.5 Å². The second kappa shape index (κ2) is 5.62. The summed E-state index contributed by atoms with van der Waals surface area (Å²) in [5.41, 5.74) is -0.0325. The predicted octanol–water partition coefficient (Wildman–Crippen LogP) is 1.21. The Kier molecular flexibility index (Phi) is 3.89. The van der Waals surface area contributed by atoms with Crippen molar-refractivity contribution >= 4 is 17.7 Å². The summed E-state index contributed by atoms with van der Waals surface area (Å²) in [4.78, 5) is 22.2. The van der Waals surface area contributed by atoms with Gasteiger partial charge in [-0.15, -0.1) is 0 Å².